The number of aromatic amines is 1. The molecule has 2 N–H and O–H groups in total. The number of aryl methyl sites for hydroxylation is 1. The predicted octanol–water partition coefficient (Wildman–Crippen LogP) is 2.17. The van der Waals surface area contributed by atoms with Crippen molar-refractivity contribution in [1.82, 2.24) is 14.8 Å². The Hall–Kier alpha value is -2.11. The Kier molecular flexibility index (Phi) is 3.08. The molecule has 3 rings (SSSR count). The molecule has 0 saturated heterocycles. The normalized spacial score (nSPS) is 11.2. The predicted molar refractivity (Wildman–Crippen MR) is 77.4 cm³/mol. The van der Waals surface area contributed by atoms with Gasteiger partial charge in [0, 0.05) is 22.5 Å². The highest BCUT2D eigenvalue weighted by molar-refractivity contribution is 6.30. The number of hydrogen-bond donors (Lipinski definition) is 2. The molecule has 6 heteroatoms. The van der Waals surface area contributed by atoms with Crippen LogP contribution in [-0.4, -0.2) is 19.9 Å². The van der Waals surface area contributed by atoms with Crippen molar-refractivity contribution in [3.8, 4) is 5.69 Å². The van der Waals surface area contributed by atoms with Crippen LogP contribution in [0.5, 0.6) is 0 Å². The van der Waals surface area contributed by atoms with Crippen LogP contribution in [0.2, 0.25) is 5.02 Å². The summed E-state index contributed by atoms with van der Waals surface area (Å²) in [5, 5.41) is 13.5. The summed E-state index contributed by atoms with van der Waals surface area (Å²) in [5.41, 5.74) is 2.42. The van der Waals surface area contributed by atoms with Crippen LogP contribution in [0.1, 0.15) is 11.3 Å². The lowest BCUT2D eigenvalue weighted by atomic mass is 10.1. The third-order valence-electron chi connectivity index (χ3n) is 3.30. The average Bonchev–Trinajstić information content (AvgIpc) is 2.77. The summed E-state index contributed by atoms with van der Waals surface area (Å²) in [6.07, 6.45) is 1.52. The standard InChI is InChI=1S/C14H12ClN3O2/c1-8-12(7-19)13-11(6-16-8)14(20)18(17-13)10-4-2-9(15)3-5-10/h2-6,17,19H,7H2,1H3. The van der Waals surface area contributed by atoms with Gasteiger partial charge < -0.3 is 5.11 Å². The van der Waals surface area contributed by atoms with Crippen molar-refractivity contribution >= 4 is 22.5 Å². The number of nitrogens with zero attached hydrogens (tertiary/aromatic N) is 2. The highest BCUT2D eigenvalue weighted by Crippen LogP contribution is 2.18. The summed E-state index contributed by atoms with van der Waals surface area (Å²) >= 11 is 5.85. The maximum absolute atomic E-state index is 12.4. The van der Waals surface area contributed by atoms with E-state index >= 15 is 0 Å². The Morgan fingerprint density at radius 3 is 2.70 bits per heavy atom. The molecule has 20 heavy (non-hydrogen) atoms. The number of aromatic nitrogens is 3. The number of nitrogens with one attached hydrogen (secondary N) is 1. The van der Waals surface area contributed by atoms with E-state index in [9.17, 15) is 9.90 Å². The summed E-state index contributed by atoms with van der Waals surface area (Å²) in [6.45, 7) is 1.62. The van der Waals surface area contributed by atoms with Gasteiger partial charge in [0.25, 0.3) is 5.56 Å². The van der Waals surface area contributed by atoms with Gasteiger partial charge in [0.1, 0.15) is 0 Å². The van der Waals surface area contributed by atoms with E-state index in [2.05, 4.69) is 10.1 Å². The molecule has 0 unspecified atom stereocenters. The van der Waals surface area contributed by atoms with E-state index < -0.39 is 0 Å². The summed E-state index contributed by atoms with van der Waals surface area (Å²) in [6, 6.07) is 6.92. The molecule has 102 valence electrons. The quantitative estimate of drug-likeness (QED) is 0.759. The summed E-state index contributed by atoms with van der Waals surface area (Å²) in [4.78, 5) is 16.5. The van der Waals surface area contributed by atoms with Crippen LogP contribution in [0.15, 0.2) is 35.3 Å². The van der Waals surface area contributed by atoms with Gasteiger partial charge in [-0.1, -0.05) is 11.6 Å². The molecular formula is C14H12ClN3O2. The van der Waals surface area contributed by atoms with Crippen molar-refractivity contribution in [1.29, 1.82) is 0 Å². The molecule has 0 spiro atoms. The van der Waals surface area contributed by atoms with E-state index in [-0.39, 0.29) is 12.2 Å². The lowest BCUT2D eigenvalue weighted by Crippen LogP contribution is -2.14. The first kappa shape index (κ1) is 12.9. The Bertz CT molecular complexity index is 834. The summed E-state index contributed by atoms with van der Waals surface area (Å²) < 4.78 is 1.42. The van der Waals surface area contributed by atoms with Crippen molar-refractivity contribution in [2.24, 2.45) is 0 Å². The third-order valence-corrected chi connectivity index (χ3v) is 3.55. The average molecular weight is 290 g/mol. The molecule has 0 radical (unpaired) electrons. The number of aliphatic hydroxyl groups excluding tert-OH is 1. The zero-order valence-corrected chi connectivity index (χ0v) is 11.5. The number of halogens is 1. The Morgan fingerprint density at radius 2 is 2.05 bits per heavy atom. The fraction of sp³-hybridized carbons (Fsp3) is 0.143. The zero-order chi connectivity index (χ0) is 14.3. The molecule has 0 amide bonds. The minimum Gasteiger partial charge on any atom is -0.392 e. The van der Waals surface area contributed by atoms with E-state index in [0.29, 0.717) is 32.9 Å². The highest BCUT2D eigenvalue weighted by Gasteiger charge is 2.13. The van der Waals surface area contributed by atoms with E-state index in [4.69, 9.17) is 11.6 Å². The first-order chi connectivity index (χ1) is 9.61. The van der Waals surface area contributed by atoms with Gasteiger partial charge in [0.15, 0.2) is 0 Å². The van der Waals surface area contributed by atoms with Gasteiger partial charge in [-0.3, -0.25) is 14.9 Å². The molecule has 3 aromatic rings. The van der Waals surface area contributed by atoms with Gasteiger partial charge in [-0.05, 0) is 31.2 Å². The van der Waals surface area contributed by atoms with Crippen molar-refractivity contribution in [3.63, 3.8) is 0 Å². The van der Waals surface area contributed by atoms with E-state index in [0.717, 1.165) is 0 Å². The molecule has 2 aromatic heterocycles. The molecule has 0 bridgehead atoms. The number of aliphatic hydroxyl groups is 1. The lowest BCUT2D eigenvalue weighted by Gasteiger charge is -2.02. The number of pyridine rings is 1. The fourth-order valence-corrected chi connectivity index (χ4v) is 2.31. The van der Waals surface area contributed by atoms with Crippen LogP contribution >= 0.6 is 11.6 Å². The van der Waals surface area contributed by atoms with E-state index in [1.165, 1.54) is 10.9 Å². The molecule has 0 atom stereocenters. The molecule has 1 aromatic carbocycles. The fourth-order valence-electron chi connectivity index (χ4n) is 2.19. The second kappa shape index (κ2) is 4.77. The lowest BCUT2D eigenvalue weighted by molar-refractivity contribution is 0.282. The van der Waals surface area contributed by atoms with Crippen LogP contribution in [0, 0.1) is 6.92 Å². The molecule has 0 aliphatic rings. The summed E-state index contributed by atoms with van der Waals surface area (Å²) in [5.74, 6) is 0. The Balaban J connectivity index is 2.31. The van der Waals surface area contributed by atoms with E-state index in [1.54, 1.807) is 31.2 Å². The van der Waals surface area contributed by atoms with Crippen LogP contribution in [0.25, 0.3) is 16.6 Å². The van der Waals surface area contributed by atoms with Crippen molar-refractivity contribution in [3.05, 3.63) is 57.1 Å². The topological polar surface area (TPSA) is 70.9 Å². The van der Waals surface area contributed by atoms with Gasteiger partial charge in [0.2, 0.25) is 0 Å². The van der Waals surface area contributed by atoms with Crippen LogP contribution < -0.4 is 5.56 Å². The summed E-state index contributed by atoms with van der Waals surface area (Å²) in [7, 11) is 0. The maximum Gasteiger partial charge on any atom is 0.280 e. The van der Waals surface area contributed by atoms with Crippen molar-refractivity contribution in [2.75, 3.05) is 0 Å². The largest absolute Gasteiger partial charge is 0.392 e. The van der Waals surface area contributed by atoms with Gasteiger partial charge in [0.05, 0.1) is 23.2 Å². The number of benzene rings is 1. The monoisotopic (exact) mass is 289 g/mol. The third kappa shape index (κ3) is 1.92. The molecular weight excluding hydrogens is 278 g/mol. The van der Waals surface area contributed by atoms with E-state index in [1.807, 2.05) is 0 Å². The van der Waals surface area contributed by atoms with Gasteiger partial charge in [-0.2, -0.15) is 0 Å². The van der Waals surface area contributed by atoms with Crippen LogP contribution in [0.4, 0.5) is 0 Å². The number of hydrogen-bond acceptors (Lipinski definition) is 3. The van der Waals surface area contributed by atoms with Crippen LogP contribution in [-0.2, 0) is 6.61 Å². The maximum atomic E-state index is 12.4. The smallest absolute Gasteiger partial charge is 0.280 e. The minimum absolute atomic E-state index is 0.170. The first-order valence-corrected chi connectivity index (χ1v) is 6.45. The molecule has 0 fully saturated rings. The van der Waals surface area contributed by atoms with Crippen molar-refractivity contribution < 1.29 is 5.11 Å². The number of rotatable bonds is 2. The molecule has 0 aliphatic carbocycles. The number of H-pyrrole nitrogens is 1. The second-order valence-corrected chi connectivity index (χ2v) is 4.93. The second-order valence-electron chi connectivity index (χ2n) is 4.50. The molecule has 0 aliphatic heterocycles. The highest BCUT2D eigenvalue weighted by atomic mass is 35.5. The zero-order valence-electron chi connectivity index (χ0n) is 10.7. The van der Waals surface area contributed by atoms with Gasteiger partial charge >= 0.3 is 0 Å². The Morgan fingerprint density at radius 1 is 1.35 bits per heavy atom. The number of fused-ring (bicyclic) bond motifs is 1. The van der Waals surface area contributed by atoms with Crippen molar-refractivity contribution in [2.45, 2.75) is 13.5 Å². The van der Waals surface area contributed by atoms with Gasteiger partial charge in [-0.15, -0.1) is 0 Å². The molecule has 5 nitrogen and oxygen atoms in total. The first-order valence-electron chi connectivity index (χ1n) is 6.08. The molecule has 2 heterocycles. The minimum atomic E-state index is -0.204. The van der Waals surface area contributed by atoms with Crippen LogP contribution in [0.3, 0.4) is 0 Å². The molecule has 0 saturated carbocycles. The SMILES string of the molecule is Cc1ncc2c(=O)n(-c3ccc(Cl)cc3)[nH]c2c1CO. The Labute approximate surface area is 119 Å². The van der Waals surface area contributed by atoms with Gasteiger partial charge in [-0.25, -0.2) is 4.68 Å².